The summed E-state index contributed by atoms with van der Waals surface area (Å²) in [5, 5.41) is 16.5. The van der Waals surface area contributed by atoms with Crippen LogP contribution in [0.4, 0.5) is 0 Å². The van der Waals surface area contributed by atoms with Gasteiger partial charge in [-0.05, 0) is 25.2 Å². The van der Waals surface area contributed by atoms with Gasteiger partial charge in [0.25, 0.3) is 0 Å². The molecule has 3 rings (SSSR count). The Morgan fingerprint density at radius 3 is 2.76 bits per heavy atom. The summed E-state index contributed by atoms with van der Waals surface area (Å²) >= 11 is 0. The van der Waals surface area contributed by atoms with Crippen molar-refractivity contribution in [2.75, 3.05) is 52.5 Å². The van der Waals surface area contributed by atoms with Gasteiger partial charge in [-0.2, -0.15) is 5.10 Å². The molecule has 1 aromatic rings. The van der Waals surface area contributed by atoms with Gasteiger partial charge in [-0.3, -0.25) is 14.8 Å². The molecular formula is C17H29N5O3. The van der Waals surface area contributed by atoms with Gasteiger partial charge in [0, 0.05) is 52.2 Å². The number of nitrogens with one attached hydrogen (secondary N) is 1. The van der Waals surface area contributed by atoms with Crippen LogP contribution >= 0.6 is 0 Å². The van der Waals surface area contributed by atoms with Crippen molar-refractivity contribution in [3.05, 3.63) is 11.6 Å². The maximum atomic E-state index is 12.6. The Hall–Kier alpha value is -1.51. The van der Waals surface area contributed by atoms with Crippen molar-refractivity contribution in [1.29, 1.82) is 0 Å². The van der Waals surface area contributed by atoms with E-state index in [1.807, 2.05) is 11.8 Å². The minimum absolute atomic E-state index is 0.132. The third-order valence-corrected chi connectivity index (χ3v) is 5.06. The average Bonchev–Trinajstić information content (AvgIpc) is 3.05. The monoisotopic (exact) mass is 351 g/mol. The molecule has 0 spiro atoms. The summed E-state index contributed by atoms with van der Waals surface area (Å²) in [5.74, 6) is 2.18. The second-order valence-corrected chi connectivity index (χ2v) is 7.20. The molecule has 0 unspecified atom stereocenters. The number of morpholine rings is 1. The van der Waals surface area contributed by atoms with Crippen LogP contribution < -0.4 is 0 Å². The molecule has 0 bridgehead atoms. The molecule has 0 aromatic carbocycles. The number of likely N-dealkylation sites (tertiary alicyclic amines) is 1. The highest BCUT2D eigenvalue weighted by molar-refractivity contribution is 5.76. The molecule has 1 aromatic heterocycles. The fraction of sp³-hybridized carbons (Fsp3) is 0.824. The van der Waals surface area contributed by atoms with E-state index in [2.05, 4.69) is 20.1 Å². The van der Waals surface area contributed by atoms with Gasteiger partial charge in [0.2, 0.25) is 5.91 Å². The smallest absolute Gasteiger partial charge is 0.223 e. The zero-order valence-corrected chi connectivity index (χ0v) is 15.0. The average molecular weight is 351 g/mol. The number of rotatable bonds is 6. The van der Waals surface area contributed by atoms with Gasteiger partial charge >= 0.3 is 0 Å². The van der Waals surface area contributed by atoms with Crippen LogP contribution in [0.1, 0.15) is 24.5 Å². The Morgan fingerprint density at radius 1 is 1.32 bits per heavy atom. The molecule has 2 saturated heterocycles. The van der Waals surface area contributed by atoms with Gasteiger partial charge in [-0.15, -0.1) is 0 Å². The molecular weight excluding hydrogens is 322 g/mol. The van der Waals surface area contributed by atoms with E-state index >= 15 is 0 Å². The number of aliphatic hydroxyl groups is 1. The first-order chi connectivity index (χ1) is 12.1. The van der Waals surface area contributed by atoms with Crippen LogP contribution in [0, 0.1) is 18.8 Å². The SMILES string of the molecule is Cc1nc(CCC(=O)N2C[C@@H](CN3CCOCC3)C[C@H](CO)C2)n[nH]1. The molecule has 2 atom stereocenters. The number of aromatic amines is 1. The van der Waals surface area contributed by atoms with Crippen molar-refractivity contribution in [2.45, 2.75) is 26.2 Å². The minimum Gasteiger partial charge on any atom is -0.396 e. The van der Waals surface area contributed by atoms with Crippen molar-refractivity contribution in [3.63, 3.8) is 0 Å². The van der Waals surface area contributed by atoms with E-state index in [0.717, 1.165) is 51.6 Å². The Bertz CT molecular complexity index is 558. The fourth-order valence-electron chi connectivity index (χ4n) is 3.81. The molecule has 0 aliphatic carbocycles. The van der Waals surface area contributed by atoms with Gasteiger partial charge in [0.15, 0.2) is 5.82 Å². The fourth-order valence-corrected chi connectivity index (χ4v) is 3.81. The predicted octanol–water partition coefficient (Wildman–Crippen LogP) is -0.165. The van der Waals surface area contributed by atoms with Crippen LogP contribution in [0.25, 0.3) is 0 Å². The third-order valence-electron chi connectivity index (χ3n) is 5.06. The molecule has 2 aliphatic rings. The van der Waals surface area contributed by atoms with E-state index < -0.39 is 0 Å². The number of ether oxygens (including phenoxy) is 1. The first-order valence-corrected chi connectivity index (χ1v) is 9.20. The molecule has 2 N–H and O–H groups in total. The highest BCUT2D eigenvalue weighted by atomic mass is 16.5. The van der Waals surface area contributed by atoms with E-state index in [4.69, 9.17) is 4.74 Å². The normalized spacial score (nSPS) is 25.3. The van der Waals surface area contributed by atoms with Gasteiger partial charge in [-0.1, -0.05) is 0 Å². The van der Waals surface area contributed by atoms with Gasteiger partial charge in [-0.25, -0.2) is 4.98 Å². The second-order valence-electron chi connectivity index (χ2n) is 7.20. The lowest BCUT2D eigenvalue weighted by Crippen LogP contribution is -2.49. The Kier molecular flexibility index (Phi) is 6.39. The van der Waals surface area contributed by atoms with Crippen molar-refractivity contribution < 1.29 is 14.6 Å². The van der Waals surface area contributed by atoms with Crippen LogP contribution in [0.3, 0.4) is 0 Å². The predicted molar refractivity (Wildman–Crippen MR) is 92.0 cm³/mol. The topological polar surface area (TPSA) is 94.6 Å². The van der Waals surface area contributed by atoms with Crippen molar-refractivity contribution in [2.24, 2.45) is 11.8 Å². The lowest BCUT2D eigenvalue weighted by Gasteiger charge is -2.40. The molecule has 8 nitrogen and oxygen atoms in total. The molecule has 0 saturated carbocycles. The highest BCUT2D eigenvalue weighted by Crippen LogP contribution is 2.23. The number of aromatic nitrogens is 3. The van der Waals surface area contributed by atoms with Crippen LogP contribution in [0.2, 0.25) is 0 Å². The van der Waals surface area contributed by atoms with E-state index in [1.165, 1.54) is 0 Å². The number of hydrogen-bond donors (Lipinski definition) is 2. The maximum absolute atomic E-state index is 12.6. The first kappa shape index (κ1) is 18.3. The molecule has 2 fully saturated rings. The summed E-state index contributed by atoms with van der Waals surface area (Å²) < 4.78 is 5.41. The summed E-state index contributed by atoms with van der Waals surface area (Å²) in [4.78, 5) is 21.2. The number of amides is 1. The number of H-pyrrole nitrogens is 1. The molecule has 0 radical (unpaired) electrons. The van der Waals surface area contributed by atoms with E-state index in [9.17, 15) is 9.90 Å². The maximum Gasteiger partial charge on any atom is 0.223 e. The van der Waals surface area contributed by atoms with Crippen molar-refractivity contribution in [3.8, 4) is 0 Å². The summed E-state index contributed by atoms with van der Waals surface area (Å²) in [6, 6.07) is 0. The number of piperidine rings is 1. The summed E-state index contributed by atoms with van der Waals surface area (Å²) in [7, 11) is 0. The minimum atomic E-state index is 0.132. The standard InChI is InChI=1S/C17H29N5O3/c1-13-18-16(20-19-13)2-3-17(24)22-10-14(8-15(11-22)12-23)9-21-4-6-25-7-5-21/h14-15,23H,2-12H2,1H3,(H,18,19,20)/t14-,15+/m1/s1. The summed E-state index contributed by atoms with van der Waals surface area (Å²) in [5.41, 5.74) is 0. The zero-order valence-electron chi connectivity index (χ0n) is 15.0. The van der Waals surface area contributed by atoms with E-state index in [-0.39, 0.29) is 18.4 Å². The molecule has 3 heterocycles. The highest BCUT2D eigenvalue weighted by Gasteiger charge is 2.31. The lowest BCUT2D eigenvalue weighted by atomic mass is 9.89. The third kappa shape index (κ3) is 5.23. The van der Waals surface area contributed by atoms with Gasteiger partial charge in [0.1, 0.15) is 5.82 Å². The number of carbonyl (C=O) groups excluding carboxylic acids is 1. The molecule has 1 amide bonds. The molecule has 8 heteroatoms. The zero-order chi connectivity index (χ0) is 17.6. The quantitative estimate of drug-likeness (QED) is 0.739. The molecule has 140 valence electrons. The summed E-state index contributed by atoms with van der Waals surface area (Å²) in [6.45, 7) is 7.89. The summed E-state index contributed by atoms with van der Waals surface area (Å²) in [6.07, 6.45) is 1.95. The Morgan fingerprint density at radius 2 is 2.08 bits per heavy atom. The second kappa shape index (κ2) is 8.73. The number of hydrogen-bond acceptors (Lipinski definition) is 6. The number of nitrogens with zero attached hydrogens (tertiary/aromatic N) is 4. The van der Waals surface area contributed by atoms with Gasteiger partial charge in [0.05, 0.1) is 13.2 Å². The van der Waals surface area contributed by atoms with Crippen LogP contribution in [-0.2, 0) is 16.0 Å². The van der Waals surface area contributed by atoms with Crippen molar-refractivity contribution >= 4 is 5.91 Å². The Labute approximate surface area is 148 Å². The lowest BCUT2D eigenvalue weighted by molar-refractivity contribution is -0.134. The van der Waals surface area contributed by atoms with Crippen LogP contribution in [0.5, 0.6) is 0 Å². The van der Waals surface area contributed by atoms with E-state index in [0.29, 0.717) is 31.1 Å². The Balaban J connectivity index is 1.52. The van der Waals surface area contributed by atoms with E-state index in [1.54, 1.807) is 0 Å². The van der Waals surface area contributed by atoms with Crippen molar-refractivity contribution in [1.82, 2.24) is 25.0 Å². The number of aryl methyl sites for hydroxylation is 2. The van der Waals surface area contributed by atoms with Crippen LogP contribution in [-0.4, -0.2) is 88.5 Å². The number of carbonyl (C=O) groups is 1. The first-order valence-electron chi connectivity index (χ1n) is 9.20. The number of aliphatic hydroxyl groups excluding tert-OH is 1. The van der Waals surface area contributed by atoms with Crippen LogP contribution in [0.15, 0.2) is 0 Å². The van der Waals surface area contributed by atoms with Gasteiger partial charge < -0.3 is 14.7 Å². The largest absolute Gasteiger partial charge is 0.396 e. The molecule has 25 heavy (non-hydrogen) atoms. The molecule has 2 aliphatic heterocycles.